The summed E-state index contributed by atoms with van der Waals surface area (Å²) in [6, 6.07) is 6.69. The first-order valence-electron chi connectivity index (χ1n) is 5.89. The summed E-state index contributed by atoms with van der Waals surface area (Å²) < 4.78 is 0. The minimum absolute atomic E-state index is 0.221. The molecule has 1 aliphatic heterocycles. The maximum Gasteiger partial charge on any atom is 0.267 e. The Morgan fingerprint density at radius 3 is 2.35 bits per heavy atom. The van der Waals surface area contributed by atoms with Crippen LogP contribution < -0.4 is 4.90 Å². The summed E-state index contributed by atoms with van der Waals surface area (Å²) in [4.78, 5) is 40.7. The van der Waals surface area contributed by atoms with Crippen LogP contribution in [0.25, 0.3) is 11.2 Å². The number of imide groups is 1. The molecule has 0 radical (unpaired) electrons. The summed E-state index contributed by atoms with van der Waals surface area (Å²) in [6.45, 7) is 0. The highest BCUT2D eigenvalue weighted by molar-refractivity contribution is 6.35. The van der Waals surface area contributed by atoms with E-state index in [9.17, 15) is 9.59 Å². The molecule has 4 rings (SSSR count). The van der Waals surface area contributed by atoms with Gasteiger partial charge in [-0.2, -0.15) is 0 Å². The van der Waals surface area contributed by atoms with Crippen molar-refractivity contribution in [2.75, 3.05) is 4.90 Å². The largest absolute Gasteiger partial charge is 0.340 e. The lowest BCUT2D eigenvalue weighted by Crippen LogP contribution is -2.30. The summed E-state index contributed by atoms with van der Waals surface area (Å²) in [5, 5.41) is 0. The lowest BCUT2D eigenvalue weighted by Gasteiger charge is -2.12. The van der Waals surface area contributed by atoms with Crippen molar-refractivity contribution in [2.24, 2.45) is 0 Å². The molecule has 0 bridgehead atoms. The Kier molecular flexibility index (Phi) is 2.00. The molecule has 0 aliphatic carbocycles. The molecule has 96 valence electrons. The van der Waals surface area contributed by atoms with Crippen LogP contribution in [0.3, 0.4) is 0 Å². The van der Waals surface area contributed by atoms with Crippen molar-refractivity contribution in [3.05, 3.63) is 48.0 Å². The fourth-order valence-electron chi connectivity index (χ4n) is 2.30. The van der Waals surface area contributed by atoms with Gasteiger partial charge >= 0.3 is 0 Å². The molecule has 3 aromatic rings. The molecule has 0 saturated carbocycles. The highest BCUT2D eigenvalue weighted by Gasteiger charge is 2.38. The van der Waals surface area contributed by atoms with Crippen LogP contribution in [0.4, 0.5) is 5.82 Å². The third kappa shape index (κ3) is 1.26. The molecule has 7 nitrogen and oxygen atoms in total. The Balaban J connectivity index is 1.95. The maximum atomic E-state index is 12.4. The second kappa shape index (κ2) is 3.70. The molecule has 7 heteroatoms. The number of fused-ring (bicyclic) bond motifs is 2. The monoisotopic (exact) mass is 265 g/mol. The molecule has 0 fully saturated rings. The van der Waals surface area contributed by atoms with E-state index in [1.807, 2.05) is 0 Å². The summed E-state index contributed by atoms with van der Waals surface area (Å²) >= 11 is 0. The summed E-state index contributed by atoms with van der Waals surface area (Å²) in [6.07, 6.45) is 2.73. The summed E-state index contributed by atoms with van der Waals surface area (Å²) in [5.74, 6) is -0.556. The van der Waals surface area contributed by atoms with Crippen molar-refractivity contribution in [1.29, 1.82) is 0 Å². The quantitative estimate of drug-likeness (QED) is 0.666. The summed E-state index contributed by atoms with van der Waals surface area (Å²) in [7, 11) is 0. The molecule has 1 aliphatic rings. The third-order valence-electron chi connectivity index (χ3n) is 3.21. The first kappa shape index (κ1) is 10.8. The number of benzene rings is 1. The molecule has 0 saturated heterocycles. The number of aromatic nitrogens is 4. The average Bonchev–Trinajstić information content (AvgIpc) is 3.04. The minimum Gasteiger partial charge on any atom is -0.340 e. The third-order valence-corrected chi connectivity index (χ3v) is 3.21. The molecule has 0 unspecified atom stereocenters. The SMILES string of the molecule is O=C1c2ccccc2C(=O)N1c1ncnc2nc[nH]c12. The van der Waals surface area contributed by atoms with E-state index in [2.05, 4.69) is 19.9 Å². The number of carbonyl (C=O) groups excluding carboxylic acids is 2. The van der Waals surface area contributed by atoms with E-state index >= 15 is 0 Å². The van der Waals surface area contributed by atoms with Gasteiger partial charge < -0.3 is 4.98 Å². The molecule has 2 aromatic heterocycles. The Hall–Kier alpha value is -3.09. The molecule has 0 atom stereocenters. The molecule has 2 amide bonds. The highest BCUT2D eigenvalue weighted by atomic mass is 16.2. The number of anilines is 1. The van der Waals surface area contributed by atoms with Crippen LogP contribution in [0.1, 0.15) is 20.7 Å². The Bertz CT molecular complexity index is 835. The predicted molar refractivity (Wildman–Crippen MR) is 69.3 cm³/mol. The van der Waals surface area contributed by atoms with Gasteiger partial charge in [0.1, 0.15) is 11.8 Å². The van der Waals surface area contributed by atoms with Gasteiger partial charge in [-0.25, -0.2) is 19.9 Å². The minimum atomic E-state index is -0.389. The smallest absolute Gasteiger partial charge is 0.267 e. The number of aromatic amines is 1. The van der Waals surface area contributed by atoms with E-state index in [0.29, 0.717) is 22.3 Å². The topological polar surface area (TPSA) is 91.8 Å². The lowest BCUT2D eigenvalue weighted by molar-refractivity contribution is 0.0925. The van der Waals surface area contributed by atoms with Crippen molar-refractivity contribution >= 4 is 28.8 Å². The maximum absolute atomic E-state index is 12.4. The number of hydrogen-bond donors (Lipinski definition) is 1. The number of H-pyrrole nitrogens is 1. The van der Waals surface area contributed by atoms with Gasteiger partial charge in [0, 0.05) is 0 Å². The number of nitrogens with zero attached hydrogens (tertiary/aromatic N) is 4. The van der Waals surface area contributed by atoms with Crippen molar-refractivity contribution in [1.82, 2.24) is 19.9 Å². The van der Waals surface area contributed by atoms with E-state index in [0.717, 1.165) is 4.90 Å². The molecule has 0 spiro atoms. The van der Waals surface area contributed by atoms with Gasteiger partial charge in [0.05, 0.1) is 17.5 Å². The van der Waals surface area contributed by atoms with Crippen LogP contribution >= 0.6 is 0 Å². The van der Waals surface area contributed by atoms with E-state index in [4.69, 9.17) is 0 Å². The first-order chi connectivity index (χ1) is 9.77. The van der Waals surface area contributed by atoms with Crippen LogP contribution in [0, 0.1) is 0 Å². The van der Waals surface area contributed by atoms with Gasteiger partial charge in [0.25, 0.3) is 11.8 Å². The van der Waals surface area contributed by atoms with Crippen LogP contribution in [0.15, 0.2) is 36.9 Å². The zero-order chi connectivity index (χ0) is 13.7. The fraction of sp³-hybridized carbons (Fsp3) is 0. The van der Waals surface area contributed by atoms with Gasteiger partial charge in [-0.05, 0) is 12.1 Å². The van der Waals surface area contributed by atoms with Gasteiger partial charge in [0.2, 0.25) is 0 Å². The second-order valence-corrected chi connectivity index (χ2v) is 4.29. The number of imidazole rings is 1. The first-order valence-corrected chi connectivity index (χ1v) is 5.89. The number of rotatable bonds is 1. The van der Waals surface area contributed by atoms with Gasteiger partial charge in [-0.15, -0.1) is 0 Å². The van der Waals surface area contributed by atoms with Crippen molar-refractivity contribution in [3.8, 4) is 0 Å². The number of hydrogen-bond acceptors (Lipinski definition) is 5. The van der Waals surface area contributed by atoms with Gasteiger partial charge in [0.15, 0.2) is 11.5 Å². The molecular formula is C13H7N5O2. The number of nitrogens with one attached hydrogen (secondary N) is 1. The summed E-state index contributed by atoms with van der Waals surface area (Å²) in [5.41, 5.74) is 1.63. The van der Waals surface area contributed by atoms with Crippen LogP contribution in [0.2, 0.25) is 0 Å². The zero-order valence-corrected chi connectivity index (χ0v) is 10.1. The molecule has 1 N–H and O–H groups in total. The number of amides is 2. The Morgan fingerprint density at radius 1 is 0.950 bits per heavy atom. The van der Waals surface area contributed by atoms with E-state index in [1.54, 1.807) is 24.3 Å². The van der Waals surface area contributed by atoms with E-state index < -0.39 is 0 Å². The van der Waals surface area contributed by atoms with Crippen LogP contribution in [0.5, 0.6) is 0 Å². The fourth-order valence-corrected chi connectivity index (χ4v) is 2.30. The molecule has 3 heterocycles. The lowest BCUT2D eigenvalue weighted by atomic mass is 10.1. The molecular weight excluding hydrogens is 258 g/mol. The molecule has 20 heavy (non-hydrogen) atoms. The predicted octanol–water partition coefficient (Wildman–Crippen LogP) is 1.15. The van der Waals surface area contributed by atoms with Crippen LogP contribution in [-0.4, -0.2) is 31.8 Å². The zero-order valence-electron chi connectivity index (χ0n) is 10.1. The van der Waals surface area contributed by atoms with E-state index in [-0.39, 0.29) is 17.6 Å². The Labute approximate surface area is 112 Å². The van der Waals surface area contributed by atoms with Gasteiger partial charge in [-0.1, -0.05) is 12.1 Å². The Morgan fingerprint density at radius 2 is 1.65 bits per heavy atom. The van der Waals surface area contributed by atoms with Crippen LogP contribution in [-0.2, 0) is 0 Å². The van der Waals surface area contributed by atoms with Crippen molar-refractivity contribution in [2.45, 2.75) is 0 Å². The van der Waals surface area contributed by atoms with Crippen molar-refractivity contribution < 1.29 is 9.59 Å². The highest BCUT2D eigenvalue weighted by Crippen LogP contribution is 2.29. The second-order valence-electron chi connectivity index (χ2n) is 4.29. The average molecular weight is 265 g/mol. The standard InChI is InChI=1S/C13H7N5O2/c19-12-7-3-1-2-4-8(7)13(20)18(12)11-9-10(15-5-14-9)16-6-17-11/h1-6H,(H,14,15,16,17). The molecule has 1 aromatic carbocycles. The van der Waals surface area contributed by atoms with E-state index in [1.165, 1.54) is 12.7 Å². The normalized spacial score (nSPS) is 14.1. The van der Waals surface area contributed by atoms with Gasteiger partial charge in [-0.3, -0.25) is 9.59 Å². The van der Waals surface area contributed by atoms with Crippen molar-refractivity contribution in [3.63, 3.8) is 0 Å². The number of carbonyl (C=O) groups is 2.